The van der Waals surface area contributed by atoms with Gasteiger partial charge < -0.3 is 5.73 Å². The van der Waals surface area contributed by atoms with E-state index in [4.69, 9.17) is 11.0 Å². The summed E-state index contributed by atoms with van der Waals surface area (Å²) in [7, 11) is 0. The molecular formula is C9H8BrF2N3. The van der Waals surface area contributed by atoms with E-state index in [1.165, 1.54) is 0 Å². The van der Waals surface area contributed by atoms with Gasteiger partial charge in [0.2, 0.25) is 0 Å². The first-order valence-corrected chi connectivity index (χ1v) is 4.92. The maximum absolute atomic E-state index is 12.5. The van der Waals surface area contributed by atoms with Crippen molar-refractivity contribution in [2.75, 3.05) is 0 Å². The molecular weight excluding hydrogens is 268 g/mol. The van der Waals surface area contributed by atoms with Crippen LogP contribution >= 0.6 is 15.9 Å². The number of nitriles is 1. The molecule has 0 aliphatic carbocycles. The van der Waals surface area contributed by atoms with Crippen LogP contribution in [0.5, 0.6) is 0 Å². The summed E-state index contributed by atoms with van der Waals surface area (Å²) >= 11 is 3.05. The summed E-state index contributed by atoms with van der Waals surface area (Å²) in [5, 5.41) is 8.57. The van der Waals surface area contributed by atoms with Crippen molar-refractivity contribution in [3.8, 4) is 6.07 Å². The van der Waals surface area contributed by atoms with Gasteiger partial charge in [0.05, 0.1) is 23.7 Å². The summed E-state index contributed by atoms with van der Waals surface area (Å²) in [6.45, 7) is 0.124. The normalized spacial score (nSPS) is 10.4. The van der Waals surface area contributed by atoms with E-state index in [1.807, 2.05) is 6.07 Å². The van der Waals surface area contributed by atoms with Crippen LogP contribution in [-0.4, -0.2) is 4.98 Å². The Morgan fingerprint density at radius 1 is 1.60 bits per heavy atom. The predicted molar refractivity (Wildman–Crippen MR) is 54.1 cm³/mol. The molecule has 6 heteroatoms. The van der Waals surface area contributed by atoms with Crippen LogP contribution in [0.2, 0.25) is 0 Å². The number of pyridine rings is 1. The van der Waals surface area contributed by atoms with E-state index in [0.29, 0.717) is 11.3 Å². The van der Waals surface area contributed by atoms with Crippen molar-refractivity contribution in [1.82, 2.24) is 4.98 Å². The average molecular weight is 276 g/mol. The first kappa shape index (κ1) is 12.0. The molecule has 0 aliphatic heterocycles. The van der Waals surface area contributed by atoms with Crippen molar-refractivity contribution in [2.24, 2.45) is 5.73 Å². The zero-order valence-electron chi connectivity index (χ0n) is 7.67. The topological polar surface area (TPSA) is 62.7 Å². The first-order chi connectivity index (χ1) is 7.11. The highest BCUT2D eigenvalue weighted by Gasteiger charge is 2.17. The molecule has 0 aromatic carbocycles. The lowest BCUT2D eigenvalue weighted by Gasteiger charge is -2.10. The summed E-state index contributed by atoms with van der Waals surface area (Å²) in [4.78, 5) is 3.81. The molecule has 1 aromatic heterocycles. The van der Waals surface area contributed by atoms with E-state index in [1.54, 1.807) is 0 Å². The second-order valence-corrected chi connectivity index (χ2v) is 3.59. The van der Waals surface area contributed by atoms with Gasteiger partial charge in [0.1, 0.15) is 0 Å². The summed E-state index contributed by atoms with van der Waals surface area (Å²) in [6.07, 6.45) is -1.52. The zero-order chi connectivity index (χ0) is 11.4. The van der Waals surface area contributed by atoms with Crippen LogP contribution in [0.1, 0.15) is 23.2 Å². The molecule has 80 valence electrons. The van der Waals surface area contributed by atoms with Gasteiger partial charge in [-0.3, -0.25) is 4.98 Å². The number of halogens is 3. The molecule has 0 unspecified atom stereocenters. The minimum atomic E-state index is -2.61. The third-order valence-electron chi connectivity index (χ3n) is 1.91. The van der Waals surface area contributed by atoms with Crippen molar-refractivity contribution in [3.05, 3.63) is 27.5 Å². The van der Waals surface area contributed by atoms with Crippen molar-refractivity contribution in [1.29, 1.82) is 5.26 Å². The second-order valence-electron chi connectivity index (χ2n) is 2.79. The number of hydrogen-bond acceptors (Lipinski definition) is 3. The van der Waals surface area contributed by atoms with E-state index < -0.39 is 6.43 Å². The molecule has 0 radical (unpaired) electrons. The van der Waals surface area contributed by atoms with Gasteiger partial charge in [-0.25, -0.2) is 8.78 Å². The lowest BCUT2D eigenvalue weighted by atomic mass is 10.1. The number of nitrogens with two attached hydrogens (primary N) is 1. The fourth-order valence-electron chi connectivity index (χ4n) is 1.17. The lowest BCUT2D eigenvalue weighted by Crippen LogP contribution is -2.07. The van der Waals surface area contributed by atoms with Crippen molar-refractivity contribution in [3.63, 3.8) is 0 Å². The first-order valence-electron chi connectivity index (χ1n) is 4.13. The molecule has 1 rings (SSSR count). The molecule has 0 spiro atoms. The molecule has 0 amide bonds. The van der Waals surface area contributed by atoms with E-state index in [2.05, 4.69) is 20.9 Å². The highest BCUT2D eigenvalue weighted by molar-refractivity contribution is 9.10. The van der Waals surface area contributed by atoms with Crippen LogP contribution in [0.15, 0.2) is 10.7 Å². The van der Waals surface area contributed by atoms with Gasteiger partial charge in [-0.05, 0) is 15.9 Å². The Balaban J connectivity index is 3.30. The third kappa shape index (κ3) is 2.49. The van der Waals surface area contributed by atoms with Crippen LogP contribution in [-0.2, 0) is 13.0 Å². The third-order valence-corrected chi connectivity index (χ3v) is 2.85. The van der Waals surface area contributed by atoms with Gasteiger partial charge in [0, 0.05) is 22.8 Å². The molecule has 2 N–H and O–H groups in total. The number of hydrogen-bond donors (Lipinski definition) is 1. The molecule has 15 heavy (non-hydrogen) atoms. The van der Waals surface area contributed by atoms with Crippen LogP contribution in [0.25, 0.3) is 0 Å². The van der Waals surface area contributed by atoms with E-state index in [0.717, 1.165) is 6.20 Å². The largest absolute Gasteiger partial charge is 0.325 e. The van der Waals surface area contributed by atoms with Gasteiger partial charge in [0.25, 0.3) is 6.43 Å². The van der Waals surface area contributed by atoms with Gasteiger partial charge >= 0.3 is 0 Å². The van der Waals surface area contributed by atoms with Crippen molar-refractivity contribution in [2.45, 2.75) is 19.4 Å². The van der Waals surface area contributed by atoms with Gasteiger partial charge in [-0.15, -0.1) is 0 Å². The molecule has 0 saturated heterocycles. The Kier molecular flexibility index (Phi) is 4.12. The summed E-state index contributed by atoms with van der Waals surface area (Å²) < 4.78 is 25.2. The van der Waals surface area contributed by atoms with E-state index in [-0.39, 0.29) is 23.0 Å². The Hall–Kier alpha value is -1.06. The highest BCUT2D eigenvalue weighted by atomic mass is 79.9. The Bertz CT molecular complexity index is 401. The Labute approximate surface area is 94.0 Å². The summed E-state index contributed by atoms with van der Waals surface area (Å²) in [5.74, 6) is 0. The van der Waals surface area contributed by atoms with Gasteiger partial charge in [-0.1, -0.05) is 0 Å². The molecule has 1 heterocycles. The highest BCUT2D eigenvalue weighted by Crippen LogP contribution is 2.31. The molecule has 0 aliphatic rings. The van der Waals surface area contributed by atoms with Gasteiger partial charge in [-0.2, -0.15) is 5.26 Å². The summed E-state index contributed by atoms with van der Waals surface area (Å²) in [5.41, 5.74) is 6.09. The minimum absolute atomic E-state index is 0.0146. The van der Waals surface area contributed by atoms with E-state index >= 15 is 0 Å². The second kappa shape index (κ2) is 5.14. The molecule has 0 fully saturated rings. The van der Waals surface area contributed by atoms with E-state index in [9.17, 15) is 8.78 Å². The monoisotopic (exact) mass is 275 g/mol. The number of aromatic nitrogens is 1. The maximum Gasteiger partial charge on any atom is 0.266 e. The van der Waals surface area contributed by atoms with Crippen molar-refractivity contribution >= 4 is 15.9 Å². The Morgan fingerprint density at radius 2 is 2.27 bits per heavy atom. The molecule has 1 aromatic rings. The average Bonchev–Trinajstić information content (AvgIpc) is 2.20. The smallest absolute Gasteiger partial charge is 0.266 e. The quantitative estimate of drug-likeness (QED) is 0.921. The van der Waals surface area contributed by atoms with Crippen molar-refractivity contribution < 1.29 is 8.78 Å². The maximum atomic E-state index is 12.5. The van der Waals surface area contributed by atoms with Crippen LogP contribution in [0.4, 0.5) is 8.78 Å². The number of alkyl halides is 2. The summed E-state index contributed by atoms with van der Waals surface area (Å²) in [6, 6.07) is 1.90. The fraction of sp³-hybridized carbons (Fsp3) is 0.333. The zero-order valence-corrected chi connectivity index (χ0v) is 9.26. The SMILES string of the molecule is N#CCc1c(CN)ncc(C(F)F)c1Br. The standard InChI is InChI=1S/C9H8BrF2N3/c10-8-5(1-2-13)7(3-14)15-4-6(8)9(11)12/h4,9H,1,3,14H2. The minimum Gasteiger partial charge on any atom is -0.325 e. The number of rotatable bonds is 3. The molecule has 0 saturated carbocycles. The molecule has 0 bridgehead atoms. The van der Waals surface area contributed by atoms with Crippen LogP contribution in [0.3, 0.4) is 0 Å². The molecule has 0 atom stereocenters. The fourth-order valence-corrected chi connectivity index (χ4v) is 1.81. The van der Waals surface area contributed by atoms with Crippen LogP contribution in [0, 0.1) is 11.3 Å². The van der Waals surface area contributed by atoms with Crippen LogP contribution < -0.4 is 5.73 Å². The Morgan fingerprint density at radius 3 is 2.73 bits per heavy atom. The lowest BCUT2D eigenvalue weighted by molar-refractivity contribution is 0.150. The number of nitrogens with zero attached hydrogens (tertiary/aromatic N) is 2. The molecule has 3 nitrogen and oxygen atoms in total. The van der Waals surface area contributed by atoms with Gasteiger partial charge in [0.15, 0.2) is 0 Å². The predicted octanol–water partition coefficient (Wildman–Crippen LogP) is 2.31.